The molecule has 2 aliphatic rings. The highest BCUT2D eigenvalue weighted by Gasteiger charge is 2.51. The molecule has 0 saturated carbocycles. The van der Waals surface area contributed by atoms with Gasteiger partial charge in [0.1, 0.15) is 11.4 Å². The van der Waals surface area contributed by atoms with E-state index in [1.54, 1.807) is 12.1 Å². The number of imide groups is 1. The van der Waals surface area contributed by atoms with E-state index < -0.39 is 5.54 Å². The number of benzene rings is 1. The number of carbonyl (C=O) groups excluding carboxylic acids is 2. The van der Waals surface area contributed by atoms with E-state index in [1.807, 2.05) is 0 Å². The number of halogens is 2. The van der Waals surface area contributed by atoms with Gasteiger partial charge in [-0.05, 0) is 53.0 Å². The number of amides is 3. The molecule has 1 spiro atoms. The van der Waals surface area contributed by atoms with E-state index in [4.69, 9.17) is 0 Å². The smallest absolute Gasteiger partial charge is 0.322 e. The van der Waals surface area contributed by atoms with Gasteiger partial charge in [0, 0.05) is 6.54 Å². The van der Waals surface area contributed by atoms with Crippen molar-refractivity contribution in [1.82, 2.24) is 15.5 Å². The summed E-state index contributed by atoms with van der Waals surface area (Å²) in [6.45, 7) is 1.46. The number of hydrogen-bond donors (Lipinski definition) is 2. The number of carbonyl (C=O) groups is 2. The number of hydrogen-bond acceptors (Lipinski definition) is 3. The summed E-state index contributed by atoms with van der Waals surface area (Å²) in [5.41, 5.74) is -0.111. The van der Waals surface area contributed by atoms with Crippen molar-refractivity contribution in [3.8, 4) is 0 Å². The number of nitrogens with zero attached hydrogens (tertiary/aromatic N) is 1. The van der Waals surface area contributed by atoms with Gasteiger partial charge in [-0.1, -0.05) is 6.07 Å². The first-order chi connectivity index (χ1) is 10.0. The molecule has 0 aromatic heterocycles. The van der Waals surface area contributed by atoms with E-state index in [1.165, 1.54) is 11.0 Å². The van der Waals surface area contributed by atoms with E-state index in [0.29, 0.717) is 23.0 Å². The van der Waals surface area contributed by atoms with Gasteiger partial charge < -0.3 is 10.6 Å². The molecule has 1 aromatic carbocycles. The molecule has 1 aromatic rings. The number of nitrogens with one attached hydrogen (secondary N) is 2. The van der Waals surface area contributed by atoms with Gasteiger partial charge in [-0.25, -0.2) is 9.18 Å². The molecule has 2 saturated heterocycles. The van der Waals surface area contributed by atoms with Crippen molar-refractivity contribution in [2.75, 3.05) is 13.1 Å². The maximum atomic E-state index is 13.2. The van der Waals surface area contributed by atoms with Gasteiger partial charge in [-0.15, -0.1) is 0 Å². The molecule has 3 amide bonds. The third-order valence-corrected chi connectivity index (χ3v) is 4.56. The second-order valence-electron chi connectivity index (χ2n) is 5.43. The molecule has 0 radical (unpaired) electrons. The van der Waals surface area contributed by atoms with Crippen LogP contribution in [0.2, 0.25) is 0 Å². The predicted octanol–water partition coefficient (Wildman–Crippen LogP) is 1.76. The van der Waals surface area contributed by atoms with E-state index in [-0.39, 0.29) is 24.3 Å². The lowest BCUT2D eigenvalue weighted by atomic mass is 9.90. The SMILES string of the molecule is O=C1NC2(CCCNC2)C(=O)N1Cc1ccc(F)c(Br)c1. The highest BCUT2D eigenvalue weighted by molar-refractivity contribution is 9.10. The van der Waals surface area contributed by atoms with Crippen LogP contribution < -0.4 is 10.6 Å². The van der Waals surface area contributed by atoms with Crippen LogP contribution in [0.25, 0.3) is 0 Å². The molecule has 1 atom stereocenters. The lowest BCUT2D eigenvalue weighted by molar-refractivity contribution is -0.132. The Morgan fingerprint density at radius 1 is 1.38 bits per heavy atom. The van der Waals surface area contributed by atoms with Crippen molar-refractivity contribution in [1.29, 1.82) is 0 Å². The molecule has 0 aliphatic carbocycles. The molecule has 2 heterocycles. The summed E-state index contributed by atoms with van der Waals surface area (Å²) in [7, 11) is 0. The normalized spacial score (nSPS) is 25.5. The van der Waals surface area contributed by atoms with Crippen LogP contribution in [0.15, 0.2) is 22.7 Å². The van der Waals surface area contributed by atoms with Gasteiger partial charge in [0.05, 0.1) is 11.0 Å². The molecule has 2 fully saturated rings. The van der Waals surface area contributed by atoms with Gasteiger partial charge in [-0.2, -0.15) is 0 Å². The molecule has 5 nitrogen and oxygen atoms in total. The minimum Gasteiger partial charge on any atom is -0.322 e. The average molecular weight is 356 g/mol. The predicted molar refractivity (Wildman–Crippen MR) is 78.0 cm³/mol. The zero-order valence-corrected chi connectivity index (χ0v) is 12.9. The first-order valence-electron chi connectivity index (χ1n) is 6.81. The van der Waals surface area contributed by atoms with Gasteiger partial charge in [0.25, 0.3) is 5.91 Å². The fourth-order valence-corrected chi connectivity index (χ4v) is 3.26. The van der Waals surface area contributed by atoms with Crippen molar-refractivity contribution in [2.24, 2.45) is 0 Å². The minimum absolute atomic E-state index is 0.144. The van der Waals surface area contributed by atoms with Crippen LogP contribution in [0.4, 0.5) is 9.18 Å². The highest BCUT2D eigenvalue weighted by atomic mass is 79.9. The van der Waals surface area contributed by atoms with E-state index >= 15 is 0 Å². The maximum Gasteiger partial charge on any atom is 0.325 e. The van der Waals surface area contributed by atoms with Gasteiger partial charge in [0.15, 0.2) is 0 Å². The topological polar surface area (TPSA) is 61.4 Å². The van der Waals surface area contributed by atoms with Crippen LogP contribution in [0.1, 0.15) is 18.4 Å². The molecule has 7 heteroatoms. The Bertz CT molecular complexity index is 602. The summed E-state index contributed by atoms with van der Waals surface area (Å²) in [4.78, 5) is 25.9. The Kier molecular flexibility index (Phi) is 3.71. The second kappa shape index (κ2) is 5.38. The molecule has 21 heavy (non-hydrogen) atoms. The number of rotatable bonds is 2. The van der Waals surface area contributed by atoms with Gasteiger partial charge in [0.2, 0.25) is 0 Å². The van der Waals surface area contributed by atoms with E-state index in [2.05, 4.69) is 26.6 Å². The Morgan fingerprint density at radius 2 is 2.19 bits per heavy atom. The molecule has 2 N–H and O–H groups in total. The van der Waals surface area contributed by atoms with Crippen LogP contribution >= 0.6 is 15.9 Å². The van der Waals surface area contributed by atoms with Crippen LogP contribution in [0.3, 0.4) is 0 Å². The monoisotopic (exact) mass is 355 g/mol. The summed E-state index contributed by atoms with van der Waals surface area (Å²) in [5.74, 6) is -0.580. The summed E-state index contributed by atoms with van der Waals surface area (Å²) in [5, 5.41) is 5.95. The molecule has 112 valence electrons. The maximum absolute atomic E-state index is 13.2. The van der Waals surface area contributed by atoms with Crippen LogP contribution in [-0.4, -0.2) is 35.5 Å². The van der Waals surface area contributed by atoms with Crippen LogP contribution in [0.5, 0.6) is 0 Å². The van der Waals surface area contributed by atoms with Crippen molar-refractivity contribution < 1.29 is 14.0 Å². The van der Waals surface area contributed by atoms with E-state index in [0.717, 1.165) is 13.0 Å². The molecule has 0 bridgehead atoms. The van der Waals surface area contributed by atoms with Crippen molar-refractivity contribution in [3.63, 3.8) is 0 Å². The summed E-state index contributed by atoms with van der Waals surface area (Å²) in [6.07, 6.45) is 1.50. The van der Waals surface area contributed by atoms with Crippen molar-refractivity contribution >= 4 is 27.9 Å². The van der Waals surface area contributed by atoms with Gasteiger partial charge >= 0.3 is 6.03 Å². The third-order valence-electron chi connectivity index (χ3n) is 3.95. The largest absolute Gasteiger partial charge is 0.325 e. The highest BCUT2D eigenvalue weighted by Crippen LogP contribution is 2.27. The Labute approximate surface area is 130 Å². The standard InChI is InChI=1S/C14H15BrFN3O2/c15-10-6-9(2-3-11(10)16)7-19-12(20)14(18-13(19)21)4-1-5-17-8-14/h2-3,6,17H,1,4-5,7-8H2,(H,18,21). The van der Waals surface area contributed by atoms with Crippen molar-refractivity contribution in [2.45, 2.75) is 24.9 Å². The Hall–Kier alpha value is -1.47. The molecular weight excluding hydrogens is 341 g/mol. The van der Waals surface area contributed by atoms with Crippen LogP contribution in [-0.2, 0) is 11.3 Å². The van der Waals surface area contributed by atoms with Gasteiger partial charge in [-0.3, -0.25) is 9.69 Å². The minimum atomic E-state index is -0.813. The third kappa shape index (κ3) is 2.55. The lowest BCUT2D eigenvalue weighted by Crippen LogP contribution is -2.57. The summed E-state index contributed by atoms with van der Waals surface area (Å²) >= 11 is 3.11. The van der Waals surface area contributed by atoms with Crippen molar-refractivity contribution in [3.05, 3.63) is 34.1 Å². The van der Waals surface area contributed by atoms with E-state index in [9.17, 15) is 14.0 Å². The first-order valence-corrected chi connectivity index (χ1v) is 7.60. The fraction of sp³-hybridized carbons (Fsp3) is 0.429. The molecule has 2 aliphatic heterocycles. The number of urea groups is 1. The first kappa shape index (κ1) is 14.5. The molecular formula is C14H15BrFN3O2. The fourth-order valence-electron chi connectivity index (χ4n) is 2.83. The lowest BCUT2D eigenvalue weighted by Gasteiger charge is -2.31. The molecule has 3 rings (SSSR count). The zero-order chi connectivity index (χ0) is 15.0. The Balaban J connectivity index is 1.80. The second-order valence-corrected chi connectivity index (χ2v) is 6.29. The quantitative estimate of drug-likeness (QED) is 0.794. The summed E-state index contributed by atoms with van der Waals surface area (Å²) < 4.78 is 13.6. The summed E-state index contributed by atoms with van der Waals surface area (Å²) in [6, 6.07) is 4.09. The Morgan fingerprint density at radius 3 is 2.86 bits per heavy atom. The zero-order valence-electron chi connectivity index (χ0n) is 11.3. The average Bonchev–Trinajstić information content (AvgIpc) is 2.68. The van der Waals surface area contributed by atoms with Crippen LogP contribution in [0, 0.1) is 5.82 Å². The number of piperidine rings is 1. The molecule has 1 unspecified atom stereocenters.